The Labute approximate surface area is 164 Å². The normalized spacial score (nSPS) is 14.3. The first kappa shape index (κ1) is 19.2. The Morgan fingerprint density at radius 2 is 1.74 bits per heavy atom. The van der Waals surface area contributed by atoms with Crippen LogP contribution in [0.25, 0.3) is 5.57 Å². The van der Waals surface area contributed by atoms with Gasteiger partial charge in [-0.3, -0.25) is 14.5 Å². The number of hydrogen-bond donors (Lipinski definition) is 0. The second-order valence-electron chi connectivity index (χ2n) is 6.44. The number of methoxy groups -OCH3 is 1. The lowest BCUT2D eigenvalue weighted by atomic mass is 10.0. The third kappa shape index (κ3) is 3.65. The number of nitrogens with zero attached hydrogens (tertiary/aromatic N) is 1. The van der Waals surface area contributed by atoms with Crippen LogP contribution < -0.4 is 4.74 Å². The van der Waals surface area contributed by atoms with Crippen molar-refractivity contribution in [3.8, 4) is 5.75 Å². The summed E-state index contributed by atoms with van der Waals surface area (Å²) in [5.41, 5.74) is 4.37. The summed E-state index contributed by atoms with van der Waals surface area (Å²) in [5, 5.41) is 0. The van der Waals surface area contributed by atoms with Gasteiger partial charge >= 0.3 is 0 Å². The van der Waals surface area contributed by atoms with Crippen LogP contribution in [0.3, 0.4) is 0 Å². The van der Waals surface area contributed by atoms with Crippen molar-refractivity contribution >= 4 is 29.1 Å². The molecule has 4 nitrogen and oxygen atoms in total. The number of ether oxygens (including phenoxy) is 1. The van der Waals surface area contributed by atoms with E-state index in [0.717, 1.165) is 28.0 Å². The number of hydrogen-bond acceptors (Lipinski definition) is 4. The second-order valence-corrected chi connectivity index (χ2v) is 7.72. The van der Waals surface area contributed by atoms with Crippen LogP contribution in [-0.4, -0.2) is 29.6 Å². The molecule has 1 aliphatic rings. The maximum Gasteiger partial charge on any atom is 0.268 e. The highest BCUT2D eigenvalue weighted by molar-refractivity contribution is 8.04. The first-order valence-electron chi connectivity index (χ1n) is 8.90. The van der Waals surface area contributed by atoms with E-state index >= 15 is 0 Å². The predicted molar refractivity (Wildman–Crippen MR) is 110 cm³/mol. The number of benzene rings is 2. The number of thioether (sulfide) groups is 1. The number of amides is 2. The van der Waals surface area contributed by atoms with E-state index in [4.69, 9.17) is 4.74 Å². The molecule has 0 aromatic heterocycles. The average molecular weight is 381 g/mol. The molecule has 0 spiro atoms. The van der Waals surface area contributed by atoms with Crippen LogP contribution in [0.1, 0.15) is 29.2 Å². The SMILES string of the molecule is CCSC1=C(c2ccc(C)c(C)c2)C(=O)N(Cc2ccccc2OC)C1=O. The molecule has 1 aliphatic heterocycles. The predicted octanol–water partition coefficient (Wildman–Crippen LogP) is 4.35. The largest absolute Gasteiger partial charge is 0.496 e. The highest BCUT2D eigenvalue weighted by atomic mass is 32.2. The van der Waals surface area contributed by atoms with Gasteiger partial charge in [0.05, 0.1) is 24.1 Å². The van der Waals surface area contributed by atoms with E-state index in [0.29, 0.717) is 16.2 Å². The topological polar surface area (TPSA) is 46.6 Å². The van der Waals surface area contributed by atoms with Gasteiger partial charge in [-0.25, -0.2) is 0 Å². The minimum absolute atomic E-state index is 0.198. The lowest BCUT2D eigenvalue weighted by Gasteiger charge is -2.17. The first-order chi connectivity index (χ1) is 13.0. The van der Waals surface area contributed by atoms with Crippen LogP contribution in [0, 0.1) is 13.8 Å². The molecule has 3 rings (SSSR count). The van der Waals surface area contributed by atoms with Crippen LogP contribution >= 0.6 is 11.8 Å². The van der Waals surface area contributed by atoms with Crippen molar-refractivity contribution in [2.24, 2.45) is 0 Å². The summed E-state index contributed by atoms with van der Waals surface area (Å²) >= 11 is 1.42. The van der Waals surface area contributed by atoms with Crippen molar-refractivity contribution in [1.82, 2.24) is 4.90 Å². The van der Waals surface area contributed by atoms with Crippen LogP contribution in [0.4, 0.5) is 0 Å². The molecule has 0 aliphatic carbocycles. The van der Waals surface area contributed by atoms with E-state index in [9.17, 15) is 9.59 Å². The summed E-state index contributed by atoms with van der Waals surface area (Å²) < 4.78 is 5.37. The van der Waals surface area contributed by atoms with Gasteiger partial charge in [0.1, 0.15) is 5.75 Å². The van der Waals surface area contributed by atoms with Crippen LogP contribution in [-0.2, 0) is 16.1 Å². The molecule has 2 amide bonds. The van der Waals surface area contributed by atoms with Crippen LogP contribution in [0.15, 0.2) is 47.4 Å². The Morgan fingerprint density at radius 3 is 2.41 bits per heavy atom. The second kappa shape index (κ2) is 8.01. The van der Waals surface area contributed by atoms with E-state index in [1.807, 2.05) is 63.2 Å². The molecule has 0 saturated carbocycles. The summed E-state index contributed by atoms with van der Waals surface area (Å²) in [6.45, 7) is 6.23. The maximum atomic E-state index is 13.2. The zero-order chi connectivity index (χ0) is 19.6. The lowest BCUT2D eigenvalue weighted by molar-refractivity contribution is -0.137. The van der Waals surface area contributed by atoms with Gasteiger partial charge in [-0.05, 0) is 42.4 Å². The molecule has 5 heteroatoms. The van der Waals surface area contributed by atoms with Gasteiger partial charge < -0.3 is 4.74 Å². The zero-order valence-corrected chi connectivity index (χ0v) is 16.9. The Bertz CT molecular complexity index is 933. The monoisotopic (exact) mass is 381 g/mol. The Kier molecular flexibility index (Phi) is 5.71. The van der Waals surface area contributed by atoms with E-state index in [-0.39, 0.29) is 18.4 Å². The van der Waals surface area contributed by atoms with Gasteiger partial charge in [-0.1, -0.05) is 43.3 Å². The average Bonchev–Trinajstić information content (AvgIpc) is 2.89. The molecule has 0 radical (unpaired) electrons. The molecule has 0 saturated heterocycles. The molecule has 2 aromatic carbocycles. The third-order valence-corrected chi connectivity index (χ3v) is 5.69. The number of rotatable bonds is 6. The smallest absolute Gasteiger partial charge is 0.268 e. The summed E-state index contributed by atoms with van der Waals surface area (Å²) in [5.74, 6) is 0.920. The summed E-state index contributed by atoms with van der Waals surface area (Å²) in [4.78, 5) is 28.1. The number of carbonyl (C=O) groups is 2. The van der Waals surface area contributed by atoms with Crippen molar-refractivity contribution in [2.75, 3.05) is 12.9 Å². The Morgan fingerprint density at radius 1 is 1.00 bits per heavy atom. The molecule has 0 unspecified atom stereocenters. The van der Waals surface area contributed by atoms with Crippen molar-refractivity contribution < 1.29 is 14.3 Å². The third-order valence-electron chi connectivity index (χ3n) is 4.73. The number of para-hydroxylation sites is 1. The molecular weight excluding hydrogens is 358 g/mol. The quantitative estimate of drug-likeness (QED) is 0.698. The fourth-order valence-electron chi connectivity index (χ4n) is 3.13. The molecular formula is C22H23NO3S. The summed E-state index contributed by atoms with van der Waals surface area (Å²) in [6, 6.07) is 13.4. The molecule has 0 N–H and O–H groups in total. The van der Waals surface area contributed by atoms with Crippen LogP contribution in [0.5, 0.6) is 5.75 Å². The lowest BCUT2D eigenvalue weighted by Crippen LogP contribution is -2.31. The maximum absolute atomic E-state index is 13.2. The number of imide groups is 1. The summed E-state index contributed by atoms with van der Waals surface area (Å²) in [6.07, 6.45) is 0. The highest BCUT2D eigenvalue weighted by Gasteiger charge is 2.39. The fourth-order valence-corrected chi connectivity index (χ4v) is 4.00. The van der Waals surface area contributed by atoms with E-state index in [1.165, 1.54) is 16.7 Å². The van der Waals surface area contributed by atoms with Gasteiger partial charge in [0.15, 0.2) is 0 Å². The van der Waals surface area contributed by atoms with E-state index in [1.54, 1.807) is 7.11 Å². The standard InChI is InChI=1S/C22H23NO3S/c1-5-27-20-19(16-11-10-14(2)15(3)12-16)21(24)23(22(20)25)13-17-8-6-7-9-18(17)26-4/h6-12H,5,13H2,1-4H3. The molecule has 27 heavy (non-hydrogen) atoms. The van der Waals surface area contributed by atoms with Crippen molar-refractivity contribution in [2.45, 2.75) is 27.3 Å². The summed E-state index contributed by atoms with van der Waals surface area (Å²) in [7, 11) is 1.59. The Balaban J connectivity index is 2.00. The van der Waals surface area contributed by atoms with Crippen LogP contribution in [0.2, 0.25) is 0 Å². The minimum Gasteiger partial charge on any atom is -0.496 e. The molecule has 2 aromatic rings. The first-order valence-corrected chi connectivity index (χ1v) is 9.89. The van der Waals surface area contributed by atoms with Crippen molar-refractivity contribution in [3.63, 3.8) is 0 Å². The van der Waals surface area contributed by atoms with Gasteiger partial charge in [-0.15, -0.1) is 11.8 Å². The molecule has 0 atom stereocenters. The van der Waals surface area contributed by atoms with Crippen molar-refractivity contribution in [3.05, 3.63) is 69.6 Å². The van der Waals surface area contributed by atoms with Gasteiger partial charge in [0.2, 0.25) is 0 Å². The highest BCUT2D eigenvalue weighted by Crippen LogP contribution is 2.37. The number of carbonyl (C=O) groups excluding carboxylic acids is 2. The molecule has 140 valence electrons. The van der Waals surface area contributed by atoms with Crippen molar-refractivity contribution in [1.29, 1.82) is 0 Å². The molecule has 1 heterocycles. The number of aryl methyl sites for hydroxylation is 2. The van der Waals surface area contributed by atoms with Gasteiger partial charge in [-0.2, -0.15) is 0 Å². The minimum atomic E-state index is -0.245. The van der Waals surface area contributed by atoms with Gasteiger partial charge in [0.25, 0.3) is 11.8 Å². The Hall–Kier alpha value is -2.53. The fraction of sp³-hybridized carbons (Fsp3) is 0.273. The zero-order valence-electron chi connectivity index (χ0n) is 16.0. The molecule has 0 bridgehead atoms. The van der Waals surface area contributed by atoms with Gasteiger partial charge in [0, 0.05) is 5.56 Å². The van der Waals surface area contributed by atoms with E-state index in [2.05, 4.69) is 0 Å². The van der Waals surface area contributed by atoms with E-state index < -0.39 is 0 Å². The molecule has 0 fully saturated rings.